The van der Waals surface area contributed by atoms with E-state index in [0.29, 0.717) is 24.2 Å². The van der Waals surface area contributed by atoms with Gasteiger partial charge in [-0.25, -0.2) is 0 Å². The van der Waals surface area contributed by atoms with E-state index in [1.807, 2.05) is 12.1 Å². The van der Waals surface area contributed by atoms with Gasteiger partial charge in [-0.1, -0.05) is 12.1 Å². The van der Waals surface area contributed by atoms with Crippen molar-refractivity contribution >= 4 is 17.4 Å². The minimum Gasteiger partial charge on any atom is -0.467 e. The Labute approximate surface area is 140 Å². The van der Waals surface area contributed by atoms with Gasteiger partial charge in [-0.3, -0.25) is 4.79 Å². The normalized spacial score (nSPS) is 16.9. The van der Waals surface area contributed by atoms with Crippen molar-refractivity contribution in [2.75, 3.05) is 24.3 Å². The van der Waals surface area contributed by atoms with Gasteiger partial charge in [0.15, 0.2) is 0 Å². The molecule has 2 N–H and O–H groups in total. The molecule has 0 radical (unpaired) electrons. The first kappa shape index (κ1) is 14.9. The van der Waals surface area contributed by atoms with Crippen molar-refractivity contribution < 1.29 is 9.53 Å². The van der Waals surface area contributed by atoms with Crippen LogP contribution < -0.4 is 15.4 Å². The largest absolute Gasteiger partial charge is 0.467 e. The molecule has 24 heavy (non-hydrogen) atoms. The molecule has 124 valence electrons. The molecule has 1 amide bonds. The smallest absolute Gasteiger partial charge is 0.318 e. The van der Waals surface area contributed by atoms with Crippen molar-refractivity contribution in [1.29, 1.82) is 0 Å². The summed E-state index contributed by atoms with van der Waals surface area (Å²) < 4.78 is 5.03. The van der Waals surface area contributed by atoms with Crippen molar-refractivity contribution in [3.63, 3.8) is 0 Å². The lowest BCUT2D eigenvalue weighted by Crippen LogP contribution is -2.39. The third kappa shape index (κ3) is 2.68. The van der Waals surface area contributed by atoms with Gasteiger partial charge in [-0.2, -0.15) is 9.97 Å². The van der Waals surface area contributed by atoms with Gasteiger partial charge in [0.25, 0.3) is 5.91 Å². The van der Waals surface area contributed by atoms with Crippen LogP contribution in [0.3, 0.4) is 0 Å². The van der Waals surface area contributed by atoms with E-state index in [1.165, 1.54) is 25.5 Å². The second kappa shape index (κ2) is 5.78. The average molecular weight is 324 g/mol. The topological polar surface area (TPSA) is 81.3 Å². The highest BCUT2D eigenvalue weighted by Gasteiger charge is 2.30. The van der Waals surface area contributed by atoms with E-state index in [1.54, 1.807) is 4.90 Å². The number of ether oxygens (including phenoxy) is 1. The number of methoxy groups -OCH3 is 1. The van der Waals surface area contributed by atoms with Crippen LogP contribution in [0, 0.1) is 5.92 Å². The Balaban J connectivity index is 1.60. The van der Waals surface area contributed by atoms with Crippen LogP contribution in [0.5, 0.6) is 6.01 Å². The number of nitrogen functional groups attached to an aromatic ring is 1. The summed E-state index contributed by atoms with van der Waals surface area (Å²) in [5, 5.41) is 0. The monoisotopic (exact) mass is 324 g/mol. The zero-order chi connectivity index (χ0) is 16.7. The minimum absolute atomic E-state index is 0.147. The Morgan fingerprint density at radius 2 is 2.00 bits per heavy atom. The van der Waals surface area contributed by atoms with Crippen LogP contribution in [-0.2, 0) is 12.8 Å². The predicted molar refractivity (Wildman–Crippen MR) is 91.2 cm³/mol. The number of carbonyl (C=O) groups is 1. The Kier molecular flexibility index (Phi) is 3.59. The summed E-state index contributed by atoms with van der Waals surface area (Å²) >= 11 is 0. The zero-order valence-electron chi connectivity index (χ0n) is 13.7. The summed E-state index contributed by atoms with van der Waals surface area (Å²) in [6, 6.07) is 8.47. The maximum atomic E-state index is 12.8. The number of aromatic nitrogens is 2. The molecule has 6 nitrogen and oxygen atoms in total. The second-order valence-corrected chi connectivity index (χ2v) is 6.44. The molecule has 0 unspecified atom stereocenters. The number of nitrogens with zero attached hydrogens (tertiary/aromatic N) is 3. The number of nitrogens with two attached hydrogens (primary N) is 1. The third-order valence-electron chi connectivity index (χ3n) is 4.67. The highest BCUT2D eigenvalue weighted by molar-refractivity contribution is 6.10. The number of anilines is 2. The van der Waals surface area contributed by atoms with Crippen LogP contribution >= 0.6 is 0 Å². The maximum Gasteiger partial charge on any atom is 0.318 e. The highest BCUT2D eigenvalue weighted by atomic mass is 16.5. The quantitative estimate of drug-likeness (QED) is 0.932. The van der Waals surface area contributed by atoms with Gasteiger partial charge in [-0.05, 0) is 42.9 Å². The Bertz CT molecular complexity index is 784. The number of hydrogen-bond donors (Lipinski definition) is 1. The molecule has 0 bridgehead atoms. The average Bonchev–Trinajstić information content (AvgIpc) is 3.39. The fourth-order valence-corrected chi connectivity index (χ4v) is 3.18. The molecule has 2 aromatic rings. The van der Waals surface area contributed by atoms with Gasteiger partial charge in [0, 0.05) is 18.7 Å². The van der Waals surface area contributed by atoms with E-state index in [-0.39, 0.29) is 17.7 Å². The number of benzene rings is 1. The summed E-state index contributed by atoms with van der Waals surface area (Å²) in [6.07, 6.45) is 4.45. The van der Waals surface area contributed by atoms with Crippen molar-refractivity contribution in [3.8, 4) is 6.01 Å². The molecule has 4 rings (SSSR count). The number of hydrogen-bond acceptors (Lipinski definition) is 5. The molecule has 0 atom stereocenters. The molecule has 1 aliphatic heterocycles. The van der Waals surface area contributed by atoms with Gasteiger partial charge < -0.3 is 15.4 Å². The summed E-state index contributed by atoms with van der Waals surface area (Å²) in [4.78, 5) is 22.9. The van der Waals surface area contributed by atoms with Crippen LogP contribution in [0.25, 0.3) is 0 Å². The minimum atomic E-state index is -0.147. The molecule has 1 saturated carbocycles. The number of fused-ring (bicyclic) bond motifs is 1. The van der Waals surface area contributed by atoms with E-state index < -0.39 is 0 Å². The standard InChI is InChI=1S/C18H20N4O2/c1-24-18-20-14-8-9-22(17(23)15(14)16(19)21-18)13-6-4-12(5-7-13)10-11-2-3-11/h4-7,11H,2-3,8-10H2,1H3,(H2,19,20,21). The lowest BCUT2D eigenvalue weighted by Gasteiger charge is -2.28. The number of carbonyl (C=O) groups excluding carboxylic acids is 1. The predicted octanol–water partition coefficient (Wildman–Crippen LogP) is 2.22. The molecule has 2 heterocycles. The van der Waals surface area contributed by atoms with Crippen molar-refractivity contribution in [3.05, 3.63) is 41.1 Å². The maximum absolute atomic E-state index is 12.8. The van der Waals surface area contributed by atoms with Crippen molar-refractivity contribution in [1.82, 2.24) is 9.97 Å². The van der Waals surface area contributed by atoms with E-state index in [2.05, 4.69) is 22.1 Å². The fraction of sp³-hybridized carbons (Fsp3) is 0.389. The highest BCUT2D eigenvalue weighted by Crippen LogP contribution is 2.33. The number of amides is 1. The molecule has 0 saturated heterocycles. The van der Waals surface area contributed by atoms with Gasteiger partial charge >= 0.3 is 6.01 Å². The van der Waals surface area contributed by atoms with E-state index in [4.69, 9.17) is 10.5 Å². The Morgan fingerprint density at radius 3 is 2.67 bits per heavy atom. The first-order valence-corrected chi connectivity index (χ1v) is 8.27. The SMILES string of the molecule is COc1nc(N)c2c(n1)CCN(c1ccc(CC3CC3)cc1)C2=O. The van der Waals surface area contributed by atoms with Gasteiger partial charge in [-0.15, -0.1) is 0 Å². The molecular formula is C18H20N4O2. The summed E-state index contributed by atoms with van der Waals surface area (Å²) in [5.74, 6) is 0.884. The molecular weight excluding hydrogens is 304 g/mol. The van der Waals surface area contributed by atoms with Crippen molar-refractivity contribution in [2.24, 2.45) is 5.92 Å². The van der Waals surface area contributed by atoms with Gasteiger partial charge in [0.05, 0.1) is 12.8 Å². The molecule has 2 aliphatic rings. The molecule has 1 fully saturated rings. The Hall–Kier alpha value is -2.63. The van der Waals surface area contributed by atoms with Crippen LogP contribution in [0.1, 0.15) is 34.5 Å². The lowest BCUT2D eigenvalue weighted by molar-refractivity contribution is 0.0980. The van der Waals surface area contributed by atoms with E-state index in [0.717, 1.165) is 18.0 Å². The van der Waals surface area contributed by atoms with Crippen LogP contribution in [-0.4, -0.2) is 29.5 Å². The molecule has 1 aromatic carbocycles. The Morgan fingerprint density at radius 1 is 1.25 bits per heavy atom. The fourth-order valence-electron chi connectivity index (χ4n) is 3.18. The van der Waals surface area contributed by atoms with Crippen LogP contribution in [0.15, 0.2) is 24.3 Å². The van der Waals surface area contributed by atoms with Gasteiger partial charge in [0.2, 0.25) is 0 Å². The molecule has 6 heteroatoms. The molecule has 0 spiro atoms. The second-order valence-electron chi connectivity index (χ2n) is 6.44. The summed E-state index contributed by atoms with van der Waals surface area (Å²) in [6.45, 7) is 0.577. The van der Waals surface area contributed by atoms with Crippen LogP contribution in [0.4, 0.5) is 11.5 Å². The first-order valence-electron chi connectivity index (χ1n) is 8.27. The molecule has 1 aliphatic carbocycles. The van der Waals surface area contributed by atoms with Gasteiger partial charge in [0.1, 0.15) is 11.4 Å². The first-order chi connectivity index (χ1) is 11.7. The third-order valence-corrected chi connectivity index (χ3v) is 4.67. The van der Waals surface area contributed by atoms with Crippen LogP contribution in [0.2, 0.25) is 0 Å². The summed E-state index contributed by atoms with van der Waals surface area (Å²) in [7, 11) is 1.49. The van der Waals surface area contributed by atoms with E-state index in [9.17, 15) is 4.79 Å². The number of rotatable bonds is 4. The zero-order valence-corrected chi connectivity index (χ0v) is 13.7. The molecule has 1 aromatic heterocycles. The van der Waals surface area contributed by atoms with E-state index >= 15 is 0 Å². The lowest BCUT2D eigenvalue weighted by atomic mass is 10.0. The van der Waals surface area contributed by atoms with Crippen molar-refractivity contribution in [2.45, 2.75) is 25.7 Å². The summed E-state index contributed by atoms with van der Waals surface area (Å²) in [5.41, 5.74) is 9.23.